The topological polar surface area (TPSA) is 62.7 Å². The number of hydrogen-bond acceptors (Lipinski definition) is 4. The number of hydrogen-bond donors (Lipinski definition) is 2. The second kappa shape index (κ2) is 9.45. The Morgan fingerprint density at radius 1 is 1.14 bits per heavy atom. The van der Waals surface area contributed by atoms with Crippen LogP contribution in [-0.2, 0) is 4.79 Å². The van der Waals surface area contributed by atoms with Gasteiger partial charge in [-0.15, -0.1) is 6.42 Å². The Hall–Kier alpha value is -3.49. The highest BCUT2D eigenvalue weighted by Crippen LogP contribution is 2.26. The highest BCUT2D eigenvalue weighted by molar-refractivity contribution is 6.30. The van der Waals surface area contributed by atoms with Crippen LogP contribution in [0, 0.1) is 12.3 Å². The molecule has 2 N–H and O–H groups in total. The number of rotatable bonds is 7. The summed E-state index contributed by atoms with van der Waals surface area (Å²) < 4.78 is 5.60. The Morgan fingerprint density at radius 3 is 2.71 bits per heavy atom. The lowest BCUT2D eigenvalue weighted by Crippen LogP contribution is -2.25. The molecule has 0 saturated carbocycles. The second-order valence-corrected chi connectivity index (χ2v) is 6.28. The summed E-state index contributed by atoms with van der Waals surface area (Å²) in [4.78, 5) is 12.0. The Morgan fingerprint density at radius 2 is 1.93 bits per heavy atom. The van der Waals surface area contributed by atoms with Crippen LogP contribution in [0.2, 0.25) is 5.02 Å². The van der Waals surface area contributed by atoms with Gasteiger partial charge in [0.15, 0.2) is 0 Å². The Labute approximate surface area is 168 Å². The van der Waals surface area contributed by atoms with Gasteiger partial charge in [-0.1, -0.05) is 47.9 Å². The molecule has 0 aliphatic heterocycles. The van der Waals surface area contributed by atoms with Crippen LogP contribution in [-0.4, -0.2) is 25.3 Å². The van der Waals surface area contributed by atoms with Crippen LogP contribution in [0.3, 0.4) is 0 Å². The normalized spacial score (nSPS) is 10.6. The van der Waals surface area contributed by atoms with Gasteiger partial charge < -0.3 is 10.1 Å². The first-order valence-corrected chi connectivity index (χ1v) is 8.94. The molecule has 1 amide bonds. The molecular weight excluding hydrogens is 374 g/mol. The summed E-state index contributed by atoms with van der Waals surface area (Å²) >= 11 is 5.84. The number of halogens is 1. The van der Waals surface area contributed by atoms with Gasteiger partial charge in [-0.05, 0) is 41.1 Å². The first kappa shape index (κ1) is 19.3. The molecule has 6 heteroatoms. The van der Waals surface area contributed by atoms with Crippen LogP contribution in [0.1, 0.15) is 5.56 Å². The number of nitrogens with zero attached hydrogens (tertiary/aromatic N) is 1. The second-order valence-electron chi connectivity index (χ2n) is 5.84. The molecule has 0 saturated heterocycles. The van der Waals surface area contributed by atoms with Gasteiger partial charge in [0.25, 0.3) is 5.91 Å². The number of ether oxygens (including phenoxy) is 1. The van der Waals surface area contributed by atoms with E-state index in [0.717, 1.165) is 22.0 Å². The third kappa shape index (κ3) is 5.03. The molecular formula is C22H18ClN3O2. The molecule has 0 spiro atoms. The minimum absolute atomic E-state index is 0.0783. The highest BCUT2D eigenvalue weighted by atomic mass is 35.5. The van der Waals surface area contributed by atoms with E-state index in [1.165, 1.54) is 0 Å². The number of fused-ring (bicyclic) bond motifs is 1. The molecule has 140 valence electrons. The number of nitrogens with one attached hydrogen (secondary N) is 2. The molecule has 0 unspecified atom stereocenters. The average molecular weight is 392 g/mol. The van der Waals surface area contributed by atoms with Gasteiger partial charge in [-0.2, -0.15) is 5.10 Å². The zero-order valence-corrected chi connectivity index (χ0v) is 15.7. The monoisotopic (exact) mass is 391 g/mol. The lowest BCUT2D eigenvalue weighted by Gasteiger charge is -2.10. The summed E-state index contributed by atoms with van der Waals surface area (Å²) in [6.07, 6.45) is 6.85. The van der Waals surface area contributed by atoms with Gasteiger partial charge in [0.1, 0.15) is 12.4 Å². The molecule has 0 aliphatic rings. The summed E-state index contributed by atoms with van der Waals surface area (Å²) in [7, 11) is 0. The van der Waals surface area contributed by atoms with Crippen LogP contribution in [0.5, 0.6) is 5.75 Å². The van der Waals surface area contributed by atoms with E-state index < -0.39 is 0 Å². The van der Waals surface area contributed by atoms with Crippen LogP contribution < -0.4 is 15.5 Å². The average Bonchev–Trinajstić information content (AvgIpc) is 2.72. The zero-order chi connectivity index (χ0) is 19.8. The van der Waals surface area contributed by atoms with Crippen molar-refractivity contribution in [3.8, 4) is 18.1 Å². The van der Waals surface area contributed by atoms with Crippen molar-refractivity contribution in [3.05, 3.63) is 71.2 Å². The van der Waals surface area contributed by atoms with Gasteiger partial charge in [0.05, 0.1) is 12.8 Å². The number of benzene rings is 3. The van der Waals surface area contributed by atoms with Crippen molar-refractivity contribution in [2.45, 2.75) is 0 Å². The Bertz CT molecular complexity index is 1040. The summed E-state index contributed by atoms with van der Waals surface area (Å²) in [6.45, 7) is 0.228. The lowest BCUT2D eigenvalue weighted by atomic mass is 10.0. The molecule has 0 aromatic heterocycles. The van der Waals surface area contributed by atoms with Crippen molar-refractivity contribution in [2.24, 2.45) is 5.10 Å². The van der Waals surface area contributed by atoms with Gasteiger partial charge in [-0.3, -0.25) is 4.79 Å². The fourth-order valence-corrected chi connectivity index (χ4v) is 2.74. The molecule has 0 radical (unpaired) electrons. The Balaban J connectivity index is 1.68. The number of anilines is 1. The number of hydrazone groups is 1. The van der Waals surface area contributed by atoms with E-state index in [1.54, 1.807) is 30.5 Å². The molecule has 0 fully saturated rings. The van der Waals surface area contributed by atoms with E-state index in [0.29, 0.717) is 10.8 Å². The minimum atomic E-state index is -0.280. The van der Waals surface area contributed by atoms with Crippen LogP contribution in [0.25, 0.3) is 10.8 Å². The maximum Gasteiger partial charge on any atom is 0.259 e. The van der Waals surface area contributed by atoms with Crippen molar-refractivity contribution in [1.82, 2.24) is 5.43 Å². The van der Waals surface area contributed by atoms with Gasteiger partial charge in [0.2, 0.25) is 0 Å². The first-order chi connectivity index (χ1) is 13.7. The van der Waals surface area contributed by atoms with Crippen LogP contribution in [0.15, 0.2) is 65.8 Å². The van der Waals surface area contributed by atoms with E-state index in [9.17, 15) is 4.79 Å². The van der Waals surface area contributed by atoms with Crippen molar-refractivity contribution >= 4 is 40.2 Å². The third-order valence-electron chi connectivity index (χ3n) is 3.92. The highest BCUT2D eigenvalue weighted by Gasteiger charge is 2.07. The summed E-state index contributed by atoms with van der Waals surface area (Å²) in [5.74, 6) is 2.77. The van der Waals surface area contributed by atoms with Crippen LogP contribution in [0.4, 0.5) is 5.69 Å². The van der Waals surface area contributed by atoms with E-state index in [-0.39, 0.29) is 19.1 Å². The van der Waals surface area contributed by atoms with Crippen molar-refractivity contribution in [3.63, 3.8) is 0 Å². The minimum Gasteiger partial charge on any atom is -0.480 e. The molecule has 3 aromatic carbocycles. The zero-order valence-electron chi connectivity index (χ0n) is 15.0. The maximum atomic E-state index is 12.0. The third-order valence-corrected chi connectivity index (χ3v) is 4.17. The molecule has 0 heterocycles. The van der Waals surface area contributed by atoms with Crippen molar-refractivity contribution in [1.29, 1.82) is 0 Å². The summed E-state index contributed by atoms with van der Waals surface area (Å²) in [5.41, 5.74) is 4.05. The molecule has 5 nitrogen and oxygen atoms in total. The SMILES string of the molecule is C#CCOc1ccc2ccccc2c1/C=N\NC(=O)CNc1ccc(Cl)cc1. The maximum absolute atomic E-state index is 12.0. The van der Waals surface area contributed by atoms with Crippen molar-refractivity contribution in [2.75, 3.05) is 18.5 Å². The summed E-state index contributed by atoms with van der Waals surface area (Å²) in [5, 5.41) is 9.69. The number of carbonyl (C=O) groups excluding carboxylic acids is 1. The standard InChI is InChI=1S/C22H18ClN3O2/c1-2-13-28-21-12-7-16-5-3-4-6-19(16)20(21)14-25-26-22(27)15-24-18-10-8-17(23)9-11-18/h1,3-12,14,24H,13,15H2,(H,26,27)/b25-14-. The fourth-order valence-electron chi connectivity index (χ4n) is 2.61. The number of amides is 1. The largest absolute Gasteiger partial charge is 0.480 e. The van der Waals surface area contributed by atoms with Crippen molar-refractivity contribution < 1.29 is 9.53 Å². The van der Waals surface area contributed by atoms with E-state index in [2.05, 4.69) is 21.8 Å². The quantitative estimate of drug-likeness (QED) is 0.362. The number of terminal acetylenes is 1. The van der Waals surface area contributed by atoms with E-state index in [1.807, 2.05) is 36.4 Å². The van der Waals surface area contributed by atoms with Gasteiger partial charge in [-0.25, -0.2) is 5.43 Å². The predicted molar refractivity (Wildman–Crippen MR) is 114 cm³/mol. The van der Waals surface area contributed by atoms with Crippen LogP contribution >= 0.6 is 11.6 Å². The molecule has 28 heavy (non-hydrogen) atoms. The molecule has 3 aromatic rings. The molecule has 3 rings (SSSR count). The van der Waals surface area contributed by atoms with E-state index >= 15 is 0 Å². The molecule has 0 aliphatic carbocycles. The predicted octanol–water partition coefficient (Wildman–Crippen LogP) is 4.07. The lowest BCUT2D eigenvalue weighted by molar-refractivity contribution is -0.119. The first-order valence-electron chi connectivity index (χ1n) is 8.57. The molecule has 0 atom stereocenters. The smallest absolute Gasteiger partial charge is 0.259 e. The number of carbonyl (C=O) groups is 1. The Kier molecular flexibility index (Phi) is 6.50. The molecule has 0 bridgehead atoms. The fraction of sp³-hybridized carbons (Fsp3) is 0.0909. The van der Waals surface area contributed by atoms with Gasteiger partial charge in [0, 0.05) is 16.3 Å². The van der Waals surface area contributed by atoms with Gasteiger partial charge >= 0.3 is 0 Å². The summed E-state index contributed by atoms with van der Waals surface area (Å²) in [6, 6.07) is 18.7. The van der Waals surface area contributed by atoms with E-state index in [4.69, 9.17) is 22.8 Å².